The maximum atomic E-state index is 12.2. The van der Waals surface area contributed by atoms with Gasteiger partial charge >= 0.3 is 11.9 Å². The van der Waals surface area contributed by atoms with Gasteiger partial charge in [0.15, 0.2) is 6.10 Å². The zero-order valence-corrected chi connectivity index (χ0v) is 34.2. The first-order valence-corrected chi connectivity index (χ1v) is 21.1. The molecule has 0 aromatic carbocycles. The van der Waals surface area contributed by atoms with Gasteiger partial charge < -0.3 is 14.6 Å². The molecule has 0 amide bonds. The van der Waals surface area contributed by atoms with Gasteiger partial charge in [-0.3, -0.25) is 9.59 Å². The molecule has 0 aromatic rings. The van der Waals surface area contributed by atoms with Crippen LogP contribution in [0.25, 0.3) is 0 Å². The predicted octanol–water partition coefficient (Wildman–Crippen LogP) is 13.6. The number of ether oxygens (including phenoxy) is 2. The molecule has 0 aliphatic carbocycles. The quantitative estimate of drug-likeness (QED) is 0.0393. The second kappa shape index (κ2) is 43.7. The first-order chi connectivity index (χ1) is 26.6. The summed E-state index contributed by atoms with van der Waals surface area (Å²) in [5, 5.41) is 9.56. The van der Waals surface area contributed by atoms with Gasteiger partial charge in [-0.1, -0.05) is 174 Å². The normalized spacial score (nSPS) is 13.5. The molecule has 1 unspecified atom stereocenters. The summed E-state index contributed by atoms with van der Waals surface area (Å²) in [5.41, 5.74) is 0. The number of esters is 2. The fourth-order valence-corrected chi connectivity index (χ4v) is 5.16. The lowest BCUT2D eigenvalue weighted by atomic mass is 10.1. The highest BCUT2D eigenvalue weighted by Gasteiger charge is 2.15. The van der Waals surface area contributed by atoms with Crippen LogP contribution in [0.5, 0.6) is 0 Å². The van der Waals surface area contributed by atoms with E-state index < -0.39 is 6.10 Å². The number of rotatable bonds is 36. The molecular weight excluding hydrogens is 669 g/mol. The van der Waals surface area contributed by atoms with Gasteiger partial charge in [-0.05, 0) is 89.9 Å². The van der Waals surface area contributed by atoms with E-state index in [0.717, 1.165) is 89.9 Å². The highest BCUT2D eigenvalue weighted by molar-refractivity contribution is 5.70. The monoisotopic (exact) mass is 745 g/mol. The molecule has 0 radical (unpaired) electrons. The molecule has 302 valence electrons. The lowest BCUT2D eigenvalue weighted by molar-refractivity contribution is -0.161. The minimum Gasteiger partial charge on any atom is -0.462 e. The minimum absolute atomic E-state index is 0.116. The first-order valence-electron chi connectivity index (χ1n) is 21.1. The van der Waals surface area contributed by atoms with E-state index in [4.69, 9.17) is 9.47 Å². The molecule has 0 rings (SSSR count). The SMILES string of the molecule is CC/C=C\C/C=C\C/C=C\C/C=C\C/C=C\C/C=C\CCCCCCCCCCC(=O)OC(CO)COC(=O)CC/C=C\C/C=C\C/C=C\C/C=C\CC. The van der Waals surface area contributed by atoms with Crippen molar-refractivity contribution in [2.24, 2.45) is 0 Å². The van der Waals surface area contributed by atoms with Crippen LogP contribution in [-0.4, -0.2) is 36.4 Å². The molecule has 5 nitrogen and oxygen atoms in total. The van der Waals surface area contributed by atoms with E-state index in [1.807, 2.05) is 12.2 Å². The number of aliphatic hydroxyl groups is 1. The maximum absolute atomic E-state index is 12.2. The minimum atomic E-state index is -0.813. The van der Waals surface area contributed by atoms with Gasteiger partial charge in [0.05, 0.1) is 6.61 Å². The zero-order valence-electron chi connectivity index (χ0n) is 34.2. The standard InChI is InChI=1S/C49H76O5/c1-3-5-7-9-11-13-15-17-18-19-20-21-22-23-24-25-26-27-28-29-30-32-34-36-38-40-42-44-49(52)54-47(45-50)46-53-48(51)43-41-39-37-35-33-31-16-14-12-10-8-6-4-2/h5-8,11-14,17-18,20-21,23-24,26-27,31,33,37,39,47,50H,3-4,9-10,15-16,19,22,25,28-30,32,34-36,38,40-46H2,1-2H3/b7-5-,8-6-,13-11-,14-12-,18-17-,21-20-,24-23-,27-26-,33-31-,39-37-. The number of allylic oxidation sites excluding steroid dienone is 20. The second-order valence-electron chi connectivity index (χ2n) is 13.3. The van der Waals surface area contributed by atoms with Gasteiger partial charge in [-0.15, -0.1) is 0 Å². The maximum Gasteiger partial charge on any atom is 0.306 e. The lowest BCUT2D eigenvalue weighted by Crippen LogP contribution is -2.28. The number of hydrogen-bond donors (Lipinski definition) is 1. The van der Waals surface area contributed by atoms with Gasteiger partial charge in [0, 0.05) is 12.8 Å². The van der Waals surface area contributed by atoms with Crippen molar-refractivity contribution < 1.29 is 24.2 Å². The third-order valence-corrected chi connectivity index (χ3v) is 8.26. The topological polar surface area (TPSA) is 72.8 Å². The summed E-state index contributed by atoms with van der Waals surface area (Å²) >= 11 is 0. The number of hydrogen-bond acceptors (Lipinski definition) is 5. The van der Waals surface area contributed by atoms with Crippen LogP contribution in [0.2, 0.25) is 0 Å². The van der Waals surface area contributed by atoms with Crippen LogP contribution in [0.1, 0.15) is 155 Å². The van der Waals surface area contributed by atoms with Crippen molar-refractivity contribution in [1.29, 1.82) is 0 Å². The molecule has 0 saturated carbocycles. The predicted molar refractivity (Wildman–Crippen MR) is 232 cm³/mol. The number of carbonyl (C=O) groups is 2. The van der Waals surface area contributed by atoms with E-state index in [2.05, 4.69) is 123 Å². The largest absolute Gasteiger partial charge is 0.462 e. The summed E-state index contributed by atoms with van der Waals surface area (Å²) in [7, 11) is 0. The van der Waals surface area contributed by atoms with Crippen molar-refractivity contribution in [3.05, 3.63) is 122 Å². The van der Waals surface area contributed by atoms with Crippen molar-refractivity contribution in [2.45, 2.75) is 161 Å². The molecule has 0 saturated heterocycles. The van der Waals surface area contributed by atoms with E-state index in [0.29, 0.717) is 12.8 Å². The van der Waals surface area contributed by atoms with E-state index >= 15 is 0 Å². The molecule has 1 atom stereocenters. The van der Waals surface area contributed by atoms with Crippen molar-refractivity contribution in [3.63, 3.8) is 0 Å². The van der Waals surface area contributed by atoms with Gasteiger partial charge in [0.25, 0.3) is 0 Å². The zero-order chi connectivity index (χ0) is 39.3. The summed E-state index contributed by atoms with van der Waals surface area (Å²) in [6.45, 7) is 3.81. The van der Waals surface area contributed by atoms with Crippen LogP contribution in [-0.2, 0) is 19.1 Å². The smallest absolute Gasteiger partial charge is 0.306 e. The first kappa shape index (κ1) is 50.3. The Bertz CT molecular complexity index is 1160. The summed E-state index contributed by atoms with van der Waals surface area (Å²) in [4.78, 5) is 24.2. The van der Waals surface area contributed by atoms with Crippen molar-refractivity contribution in [2.75, 3.05) is 13.2 Å². The summed E-state index contributed by atoms with van der Waals surface area (Å²) < 4.78 is 10.5. The summed E-state index contributed by atoms with van der Waals surface area (Å²) in [6.07, 6.45) is 64.2. The number of carbonyl (C=O) groups excluding carboxylic acids is 2. The van der Waals surface area contributed by atoms with E-state index in [9.17, 15) is 14.7 Å². The summed E-state index contributed by atoms with van der Waals surface area (Å²) in [5.74, 6) is -0.708. The highest BCUT2D eigenvalue weighted by Crippen LogP contribution is 2.12. The third-order valence-electron chi connectivity index (χ3n) is 8.26. The van der Waals surface area contributed by atoms with Crippen molar-refractivity contribution >= 4 is 11.9 Å². The van der Waals surface area contributed by atoms with Gasteiger partial charge in [0.1, 0.15) is 6.61 Å². The van der Waals surface area contributed by atoms with Crippen molar-refractivity contribution in [3.8, 4) is 0 Å². The molecule has 0 aliphatic heterocycles. The van der Waals surface area contributed by atoms with Crippen molar-refractivity contribution in [1.82, 2.24) is 0 Å². The van der Waals surface area contributed by atoms with Crippen LogP contribution in [0.4, 0.5) is 0 Å². The highest BCUT2D eigenvalue weighted by atomic mass is 16.6. The Morgan fingerprint density at radius 1 is 0.426 bits per heavy atom. The Morgan fingerprint density at radius 3 is 1.19 bits per heavy atom. The van der Waals surface area contributed by atoms with E-state index in [1.54, 1.807) is 0 Å². The van der Waals surface area contributed by atoms with Crippen LogP contribution < -0.4 is 0 Å². The average Bonchev–Trinajstić information content (AvgIpc) is 3.17. The lowest BCUT2D eigenvalue weighted by Gasteiger charge is -2.15. The van der Waals surface area contributed by atoms with E-state index in [1.165, 1.54) is 32.1 Å². The third kappa shape index (κ3) is 41.1. The van der Waals surface area contributed by atoms with Gasteiger partial charge in [0.2, 0.25) is 0 Å². The number of aliphatic hydroxyl groups excluding tert-OH is 1. The molecule has 5 heteroatoms. The molecule has 0 aromatic heterocycles. The Morgan fingerprint density at radius 2 is 0.778 bits per heavy atom. The molecule has 54 heavy (non-hydrogen) atoms. The molecule has 1 N–H and O–H groups in total. The fraction of sp³-hybridized carbons (Fsp3) is 0.551. The molecule has 0 aliphatic rings. The Balaban J connectivity index is 3.67. The van der Waals surface area contributed by atoms with E-state index in [-0.39, 0.29) is 31.6 Å². The Kier molecular flexibility index (Phi) is 40.7. The molecule has 0 bridgehead atoms. The fourth-order valence-electron chi connectivity index (χ4n) is 5.16. The van der Waals surface area contributed by atoms with Crippen LogP contribution in [0.15, 0.2) is 122 Å². The second-order valence-corrected chi connectivity index (χ2v) is 13.3. The molecule has 0 heterocycles. The Labute approximate surface area is 331 Å². The molecular formula is C49H76O5. The molecule has 0 spiro atoms. The van der Waals surface area contributed by atoms with Crippen LogP contribution in [0.3, 0.4) is 0 Å². The molecule has 0 fully saturated rings. The Hall–Kier alpha value is -3.70. The number of unbranched alkanes of at least 4 members (excludes halogenated alkanes) is 8. The van der Waals surface area contributed by atoms with Gasteiger partial charge in [-0.25, -0.2) is 0 Å². The van der Waals surface area contributed by atoms with Gasteiger partial charge in [-0.2, -0.15) is 0 Å². The summed E-state index contributed by atoms with van der Waals surface area (Å²) in [6, 6.07) is 0. The average molecular weight is 745 g/mol. The van der Waals surface area contributed by atoms with Crippen LogP contribution >= 0.6 is 0 Å². The van der Waals surface area contributed by atoms with Crippen LogP contribution in [0, 0.1) is 0 Å².